The molecular formula is C23H24O3. The van der Waals surface area contributed by atoms with E-state index in [0.29, 0.717) is 16.7 Å². The second kappa shape index (κ2) is 6.37. The first-order valence-electron chi connectivity index (χ1n) is 8.67. The maximum absolute atomic E-state index is 13.3. The lowest BCUT2D eigenvalue weighted by Gasteiger charge is -2.44. The van der Waals surface area contributed by atoms with Gasteiger partial charge in [-0.2, -0.15) is 0 Å². The van der Waals surface area contributed by atoms with Crippen molar-refractivity contribution in [3.05, 3.63) is 77.1 Å². The molecule has 0 unspecified atom stereocenters. The molecule has 0 aliphatic heterocycles. The Morgan fingerprint density at radius 1 is 1.19 bits per heavy atom. The lowest BCUT2D eigenvalue weighted by Crippen LogP contribution is -2.52. The summed E-state index contributed by atoms with van der Waals surface area (Å²) in [5.74, 6) is -0.116. The second-order valence-electron chi connectivity index (χ2n) is 7.01. The highest BCUT2D eigenvalue weighted by atomic mass is 16.5. The molecule has 0 heterocycles. The number of aliphatic hydroxyl groups is 1. The van der Waals surface area contributed by atoms with Crippen molar-refractivity contribution in [1.82, 2.24) is 0 Å². The minimum atomic E-state index is -1.32. The molecule has 3 heteroatoms. The lowest BCUT2D eigenvalue weighted by atomic mass is 9.66. The Bertz CT molecular complexity index is 978. The van der Waals surface area contributed by atoms with Gasteiger partial charge in [0, 0.05) is 19.1 Å². The molecule has 3 rings (SSSR count). The molecule has 26 heavy (non-hydrogen) atoms. The number of hydrogen-bond donors (Lipinski definition) is 1. The Morgan fingerprint density at radius 2 is 1.85 bits per heavy atom. The van der Waals surface area contributed by atoms with Crippen molar-refractivity contribution in [2.45, 2.75) is 38.4 Å². The molecule has 0 amide bonds. The standard InChI is InChI=1S/C23H24O3/c1-6-15(2)22(25)14-23(26-5,21(24)16(3)17(22)4)20-12-11-18-9-7-8-10-19(18)13-20/h7-13,25H,1,14H2,2-5H3/t22-,23+/m1/s1. The van der Waals surface area contributed by atoms with Crippen LogP contribution in [-0.4, -0.2) is 23.6 Å². The number of Topliss-reactive ketones (excluding diaryl/α,β-unsaturated/α-hetero) is 1. The minimum absolute atomic E-state index is 0.102. The van der Waals surface area contributed by atoms with E-state index >= 15 is 0 Å². The van der Waals surface area contributed by atoms with Gasteiger partial charge in [-0.05, 0) is 54.3 Å². The van der Waals surface area contributed by atoms with E-state index in [1.807, 2.05) is 42.5 Å². The molecule has 0 saturated heterocycles. The van der Waals surface area contributed by atoms with Gasteiger partial charge in [0.1, 0.15) is 5.60 Å². The van der Waals surface area contributed by atoms with E-state index in [-0.39, 0.29) is 12.2 Å². The Morgan fingerprint density at radius 3 is 2.46 bits per heavy atom. The molecule has 134 valence electrons. The van der Waals surface area contributed by atoms with E-state index in [1.165, 1.54) is 7.11 Å². The molecule has 2 aromatic carbocycles. The number of fused-ring (bicyclic) bond motifs is 1. The van der Waals surface area contributed by atoms with E-state index in [0.717, 1.165) is 16.3 Å². The Balaban J connectivity index is 2.27. The first-order valence-corrected chi connectivity index (χ1v) is 8.67. The largest absolute Gasteiger partial charge is 0.380 e. The van der Waals surface area contributed by atoms with Crippen LogP contribution >= 0.6 is 0 Å². The van der Waals surface area contributed by atoms with Crippen LogP contribution in [0.15, 0.2) is 71.5 Å². The van der Waals surface area contributed by atoms with Crippen molar-refractivity contribution < 1.29 is 14.6 Å². The van der Waals surface area contributed by atoms with Crippen molar-refractivity contribution >= 4 is 16.6 Å². The summed E-state index contributed by atoms with van der Waals surface area (Å²) in [6.45, 7) is 8.98. The monoisotopic (exact) mass is 348 g/mol. The highest BCUT2D eigenvalue weighted by molar-refractivity contribution is 6.05. The molecule has 0 bridgehead atoms. The van der Waals surface area contributed by atoms with Gasteiger partial charge in [-0.3, -0.25) is 4.79 Å². The number of ether oxygens (including phenoxy) is 1. The normalized spacial score (nSPS) is 26.1. The molecular weight excluding hydrogens is 324 g/mol. The highest BCUT2D eigenvalue weighted by Gasteiger charge is 2.53. The highest BCUT2D eigenvalue weighted by Crippen LogP contribution is 2.47. The van der Waals surface area contributed by atoms with Gasteiger partial charge in [0.15, 0.2) is 11.4 Å². The van der Waals surface area contributed by atoms with Crippen molar-refractivity contribution in [2.24, 2.45) is 0 Å². The topological polar surface area (TPSA) is 46.5 Å². The first kappa shape index (κ1) is 18.3. The van der Waals surface area contributed by atoms with Gasteiger partial charge in [-0.1, -0.05) is 43.0 Å². The van der Waals surface area contributed by atoms with Crippen molar-refractivity contribution in [2.75, 3.05) is 7.11 Å². The average Bonchev–Trinajstić information content (AvgIpc) is 2.68. The predicted octanol–water partition coefficient (Wildman–Crippen LogP) is 4.45. The molecule has 0 radical (unpaired) electrons. The summed E-state index contributed by atoms with van der Waals surface area (Å²) in [5.41, 5.74) is 2.71. The summed E-state index contributed by atoms with van der Waals surface area (Å²) in [6.07, 6.45) is 0.102. The second-order valence-corrected chi connectivity index (χ2v) is 7.01. The summed E-state index contributed by atoms with van der Waals surface area (Å²) in [7, 11) is 1.52. The summed E-state index contributed by atoms with van der Waals surface area (Å²) >= 11 is 0. The van der Waals surface area contributed by atoms with Crippen LogP contribution in [0.5, 0.6) is 0 Å². The maximum atomic E-state index is 13.3. The van der Waals surface area contributed by atoms with E-state index < -0.39 is 11.2 Å². The number of rotatable bonds is 3. The molecule has 1 aliphatic carbocycles. The van der Waals surface area contributed by atoms with Crippen molar-refractivity contribution in [1.29, 1.82) is 0 Å². The Kier molecular flexibility index (Phi) is 4.49. The molecule has 0 saturated carbocycles. The third-order valence-electron chi connectivity index (χ3n) is 5.84. The molecule has 2 atom stereocenters. The van der Waals surface area contributed by atoms with E-state index in [2.05, 4.69) is 12.3 Å². The van der Waals surface area contributed by atoms with Crippen LogP contribution in [0.2, 0.25) is 0 Å². The van der Waals surface area contributed by atoms with Gasteiger partial charge < -0.3 is 9.84 Å². The van der Waals surface area contributed by atoms with Crippen LogP contribution in [0.4, 0.5) is 0 Å². The summed E-state index contributed by atoms with van der Waals surface area (Å²) < 4.78 is 5.83. The van der Waals surface area contributed by atoms with Crippen LogP contribution in [0.25, 0.3) is 10.8 Å². The Hall–Kier alpha value is -2.45. The summed E-state index contributed by atoms with van der Waals surface area (Å²) in [4.78, 5) is 13.3. The number of benzene rings is 2. The molecule has 0 aromatic heterocycles. The zero-order chi connectivity index (χ0) is 19.1. The van der Waals surface area contributed by atoms with Crippen LogP contribution < -0.4 is 0 Å². The number of hydrogen-bond acceptors (Lipinski definition) is 3. The van der Waals surface area contributed by atoms with Gasteiger partial charge in [-0.15, -0.1) is 5.73 Å². The van der Waals surface area contributed by atoms with Crippen LogP contribution in [0, 0.1) is 0 Å². The Labute approximate surface area is 154 Å². The first-order chi connectivity index (χ1) is 12.3. The molecule has 3 nitrogen and oxygen atoms in total. The van der Waals surface area contributed by atoms with Crippen LogP contribution in [-0.2, 0) is 15.1 Å². The number of methoxy groups -OCH3 is 1. The molecule has 1 N–H and O–H groups in total. The van der Waals surface area contributed by atoms with E-state index in [1.54, 1.807) is 20.8 Å². The summed E-state index contributed by atoms with van der Waals surface area (Å²) in [5, 5.41) is 13.5. The fourth-order valence-electron chi connectivity index (χ4n) is 3.87. The van der Waals surface area contributed by atoms with Gasteiger partial charge in [0.25, 0.3) is 0 Å². The minimum Gasteiger partial charge on any atom is -0.380 e. The SMILES string of the molecule is C=C=C(C)[C@]1(O)C[C@](OC)(c2ccc3ccccc3c2)C(=O)C(C)=C1C. The fraction of sp³-hybridized carbons (Fsp3) is 0.304. The average molecular weight is 348 g/mol. The number of carbonyl (C=O) groups is 1. The van der Waals surface area contributed by atoms with Gasteiger partial charge >= 0.3 is 0 Å². The smallest absolute Gasteiger partial charge is 0.195 e. The van der Waals surface area contributed by atoms with Crippen molar-refractivity contribution in [3.8, 4) is 0 Å². The van der Waals surface area contributed by atoms with Gasteiger partial charge in [0.2, 0.25) is 0 Å². The third-order valence-corrected chi connectivity index (χ3v) is 5.84. The van der Waals surface area contributed by atoms with Crippen molar-refractivity contribution in [3.63, 3.8) is 0 Å². The fourth-order valence-corrected chi connectivity index (χ4v) is 3.87. The van der Waals surface area contributed by atoms with E-state index in [4.69, 9.17) is 4.74 Å². The quantitative estimate of drug-likeness (QED) is 0.834. The van der Waals surface area contributed by atoms with Crippen LogP contribution in [0.3, 0.4) is 0 Å². The van der Waals surface area contributed by atoms with Gasteiger partial charge in [0.05, 0.1) is 0 Å². The molecule has 0 spiro atoms. The van der Waals surface area contributed by atoms with Crippen LogP contribution in [0.1, 0.15) is 32.8 Å². The maximum Gasteiger partial charge on any atom is 0.195 e. The predicted molar refractivity (Wildman–Crippen MR) is 104 cm³/mol. The number of ketones is 1. The molecule has 1 aliphatic rings. The zero-order valence-corrected chi connectivity index (χ0v) is 15.7. The molecule has 2 aromatic rings. The van der Waals surface area contributed by atoms with E-state index in [9.17, 15) is 9.90 Å². The lowest BCUT2D eigenvalue weighted by molar-refractivity contribution is -0.147. The molecule has 0 fully saturated rings. The summed E-state index contributed by atoms with van der Waals surface area (Å²) in [6, 6.07) is 13.8. The number of carbonyl (C=O) groups excluding carboxylic acids is 1. The third kappa shape index (κ3) is 2.48. The van der Waals surface area contributed by atoms with Gasteiger partial charge in [-0.25, -0.2) is 0 Å². The zero-order valence-electron chi connectivity index (χ0n) is 15.7.